The number of hydrogen-bond acceptors (Lipinski definition) is 3. The van der Waals surface area contributed by atoms with Crippen molar-refractivity contribution in [3.8, 4) is 0 Å². The standard InChI is InChI=1S/C12H19N3O2/c1-4-11(13-12(17)10(2)3)15-7-5-14(9-16)6-8-15/h4,9,11H,1-2,5-8H2,3H3,(H,13,17). The molecule has 0 aromatic carbocycles. The predicted octanol–water partition coefficient (Wildman–Crippen LogP) is -0.0352. The molecule has 0 aromatic rings. The van der Waals surface area contributed by atoms with Crippen LogP contribution >= 0.6 is 0 Å². The maximum Gasteiger partial charge on any atom is 0.247 e. The van der Waals surface area contributed by atoms with E-state index in [1.54, 1.807) is 17.9 Å². The van der Waals surface area contributed by atoms with Crippen molar-refractivity contribution in [1.82, 2.24) is 15.1 Å². The van der Waals surface area contributed by atoms with E-state index in [0.29, 0.717) is 18.7 Å². The monoisotopic (exact) mass is 237 g/mol. The van der Waals surface area contributed by atoms with Crippen LogP contribution in [0.1, 0.15) is 6.92 Å². The molecule has 1 rings (SSSR count). The van der Waals surface area contributed by atoms with Gasteiger partial charge >= 0.3 is 0 Å². The first kappa shape index (κ1) is 13.4. The minimum atomic E-state index is -0.201. The maximum atomic E-state index is 11.5. The van der Waals surface area contributed by atoms with Gasteiger partial charge in [0.2, 0.25) is 12.3 Å². The van der Waals surface area contributed by atoms with Crippen LogP contribution in [0.2, 0.25) is 0 Å². The second kappa shape index (κ2) is 6.20. The summed E-state index contributed by atoms with van der Waals surface area (Å²) in [7, 11) is 0. The van der Waals surface area contributed by atoms with Crippen molar-refractivity contribution in [3.63, 3.8) is 0 Å². The van der Waals surface area contributed by atoms with E-state index in [0.717, 1.165) is 19.5 Å². The van der Waals surface area contributed by atoms with Gasteiger partial charge in [-0.25, -0.2) is 0 Å². The van der Waals surface area contributed by atoms with Gasteiger partial charge in [0.15, 0.2) is 0 Å². The Morgan fingerprint density at radius 3 is 2.35 bits per heavy atom. The third-order valence-corrected chi connectivity index (χ3v) is 2.78. The summed E-state index contributed by atoms with van der Waals surface area (Å²) in [5, 5.41) is 2.83. The Hall–Kier alpha value is -1.62. The van der Waals surface area contributed by atoms with Crippen molar-refractivity contribution in [2.45, 2.75) is 13.1 Å². The summed E-state index contributed by atoms with van der Waals surface area (Å²) in [5.74, 6) is -0.173. The zero-order chi connectivity index (χ0) is 12.8. The molecule has 1 unspecified atom stereocenters. The van der Waals surface area contributed by atoms with Crippen LogP contribution < -0.4 is 5.32 Å². The molecule has 5 heteroatoms. The van der Waals surface area contributed by atoms with Crippen LogP contribution in [0, 0.1) is 0 Å². The van der Waals surface area contributed by atoms with Crippen molar-refractivity contribution in [3.05, 3.63) is 24.8 Å². The molecular weight excluding hydrogens is 218 g/mol. The highest BCUT2D eigenvalue weighted by Gasteiger charge is 2.22. The molecule has 1 N–H and O–H groups in total. The van der Waals surface area contributed by atoms with Gasteiger partial charge in [0.05, 0.1) is 0 Å². The number of rotatable bonds is 5. The van der Waals surface area contributed by atoms with Gasteiger partial charge in [-0.1, -0.05) is 19.2 Å². The van der Waals surface area contributed by atoms with E-state index in [2.05, 4.69) is 23.4 Å². The molecule has 94 valence electrons. The zero-order valence-electron chi connectivity index (χ0n) is 10.2. The first-order chi connectivity index (χ1) is 8.08. The fourth-order valence-corrected chi connectivity index (χ4v) is 1.68. The van der Waals surface area contributed by atoms with Gasteiger partial charge in [0.1, 0.15) is 6.17 Å². The van der Waals surface area contributed by atoms with E-state index in [1.165, 1.54) is 0 Å². The van der Waals surface area contributed by atoms with Crippen LogP contribution in [0.3, 0.4) is 0 Å². The molecule has 1 saturated heterocycles. The molecule has 1 aliphatic rings. The van der Waals surface area contributed by atoms with Crippen LogP contribution in [-0.2, 0) is 9.59 Å². The third kappa shape index (κ3) is 3.71. The second-order valence-electron chi connectivity index (χ2n) is 4.11. The van der Waals surface area contributed by atoms with E-state index in [4.69, 9.17) is 0 Å². The van der Waals surface area contributed by atoms with Crippen molar-refractivity contribution >= 4 is 12.3 Å². The summed E-state index contributed by atoms with van der Waals surface area (Å²) in [4.78, 5) is 25.9. The molecular formula is C12H19N3O2. The average Bonchev–Trinajstić information content (AvgIpc) is 2.35. The molecule has 0 saturated carbocycles. The Balaban J connectivity index is 2.51. The fourth-order valence-electron chi connectivity index (χ4n) is 1.68. The summed E-state index contributed by atoms with van der Waals surface area (Å²) >= 11 is 0. The van der Waals surface area contributed by atoms with Crippen LogP contribution in [0.5, 0.6) is 0 Å². The first-order valence-corrected chi connectivity index (χ1v) is 5.60. The zero-order valence-corrected chi connectivity index (χ0v) is 10.2. The van der Waals surface area contributed by atoms with Crippen molar-refractivity contribution in [2.75, 3.05) is 26.2 Å². The van der Waals surface area contributed by atoms with Crippen molar-refractivity contribution < 1.29 is 9.59 Å². The van der Waals surface area contributed by atoms with Gasteiger partial charge in [0.25, 0.3) is 0 Å². The van der Waals surface area contributed by atoms with Gasteiger partial charge in [-0.15, -0.1) is 0 Å². The molecule has 1 fully saturated rings. The SMILES string of the molecule is C=CC(NC(=O)C(=C)C)N1CCN(C=O)CC1. The lowest BCUT2D eigenvalue weighted by Crippen LogP contribution is -2.54. The summed E-state index contributed by atoms with van der Waals surface area (Å²) < 4.78 is 0. The molecule has 1 heterocycles. The van der Waals surface area contributed by atoms with E-state index < -0.39 is 0 Å². The third-order valence-electron chi connectivity index (χ3n) is 2.78. The van der Waals surface area contributed by atoms with Gasteiger partial charge in [0, 0.05) is 31.8 Å². The van der Waals surface area contributed by atoms with Crippen LogP contribution in [-0.4, -0.2) is 54.5 Å². The highest BCUT2D eigenvalue weighted by Crippen LogP contribution is 2.05. The number of hydrogen-bond donors (Lipinski definition) is 1. The molecule has 5 nitrogen and oxygen atoms in total. The first-order valence-electron chi connectivity index (χ1n) is 5.60. The lowest BCUT2D eigenvalue weighted by Gasteiger charge is -2.36. The fraction of sp³-hybridized carbons (Fsp3) is 0.500. The molecule has 0 aliphatic carbocycles. The smallest absolute Gasteiger partial charge is 0.247 e. The van der Waals surface area contributed by atoms with E-state index in [-0.39, 0.29) is 12.1 Å². The van der Waals surface area contributed by atoms with Gasteiger partial charge in [-0.05, 0) is 6.92 Å². The summed E-state index contributed by atoms with van der Waals surface area (Å²) in [5.41, 5.74) is 0.475. The molecule has 2 amide bonds. The van der Waals surface area contributed by atoms with Crippen molar-refractivity contribution in [2.24, 2.45) is 0 Å². The van der Waals surface area contributed by atoms with Crippen LogP contribution in [0.25, 0.3) is 0 Å². The van der Waals surface area contributed by atoms with Gasteiger partial charge < -0.3 is 10.2 Å². The predicted molar refractivity (Wildman–Crippen MR) is 66.2 cm³/mol. The Morgan fingerprint density at radius 2 is 1.94 bits per heavy atom. The summed E-state index contributed by atoms with van der Waals surface area (Å²) in [6.45, 7) is 11.8. The van der Waals surface area contributed by atoms with E-state index in [1.807, 2.05) is 0 Å². The molecule has 1 atom stereocenters. The minimum Gasteiger partial charge on any atom is -0.343 e. The lowest BCUT2D eigenvalue weighted by molar-refractivity contribution is -0.122. The number of amides is 2. The normalized spacial score (nSPS) is 18.3. The molecule has 0 aromatic heterocycles. The quantitative estimate of drug-likeness (QED) is 0.415. The number of nitrogens with zero attached hydrogens (tertiary/aromatic N) is 2. The number of nitrogens with one attached hydrogen (secondary N) is 1. The van der Waals surface area contributed by atoms with Crippen LogP contribution in [0.15, 0.2) is 24.8 Å². The Morgan fingerprint density at radius 1 is 1.35 bits per heavy atom. The highest BCUT2D eigenvalue weighted by atomic mass is 16.2. The summed E-state index contributed by atoms with van der Waals surface area (Å²) in [6, 6.07) is 0. The molecule has 1 aliphatic heterocycles. The Bertz CT molecular complexity index is 320. The number of piperazine rings is 1. The molecule has 0 radical (unpaired) electrons. The number of carbonyl (C=O) groups is 2. The number of carbonyl (C=O) groups excluding carboxylic acids is 2. The second-order valence-corrected chi connectivity index (χ2v) is 4.11. The highest BCUT2D eigenvalue weighted by molar-refractivity contribution is 5.92. The molecule has 0 spiro atoms. The molecule has 0 bridgehead atoms. The Labute approximate surface area is 102 Å². The minimum absolute atomic E-state index is 0.173. The van der Waals surface area contributed by atoms with Crippen molar-refractivity contribution in [1.29, 1.82) is 0 Å². The maximum absolute atomic E-state index is 11.5. The van der Waals surface area contributed by atoms with Crippen LogP contribution in [0.4, 0.5) is 0 Å². The van der Waals surface area contributed by atoms with E-state index in [9.17, 15) is 9.59 Å². The summed E-state index contributed by atoms with van der Waals surface area (Å²) in [6.07, 6.45) is 2.34. The molecule has 17 heavy (non-hydrogen) atoms. The topological polar surface area (TPSA) is 52.7 Å². The van der Waals surface area contributed by atoms with E-state index >= 15 is 0 Å². The largest absolute Gasteiger partial charge is 0.343 e. The van der Waals surface area contributed by atoms with Gasteiger partial charge in [-0.2, -0.15) is 0 Å². The average molecular weight is 237 g/mol. The Kier molecular flexibility index (Phi) is 4.90. The van der Waals surface area contributed by atoms with Gasteiger partial charge in [-0.3, -0.25) is 14.5 Å². The lowest BCUT2D eigenvalue weighted by atomic mass is 10.2.